The zero-order chi connectivity index (χ0) is 10.8. The van der Waals surface area contributed by atoms with E-state index in [2.05, 4.69) is 45.0 Å². The van der Waals surface area contributed by atoms with Crippen LogP contribution in [0.5, 0.6) is 0 Å². The first-order valence-electron chi connectivity index (χ1n) is 4.64. The fourth-order valence-electron chi connectivity index (χ4n) is 1.23. The summed E-state index contributed by atoms with van der Waals surface area (Å²) >= 11 is 6.90. The van der Waals surface area contributed by atoms with Gasteiger partial charge in [0.05, 0.1) is 4.20 Å². The highest BCUT2D eigenvalue weighted by atomic mass is 32.2. The molecule has 0 saturated heterocycles. The number of benzene rings is 1. The average molecular weight is 224 g/mol. The number of hydrogen-bond donors (Lipinski definition) is 0. The molecule has 0 aliphatic carbocycles. The average Bonchev–Trinajstić information content (AvgIpc) is 2.15. The summed E-state index contributed by atoms with van der Waals surface area (Å²) in [6.07, 6.45) is 2.02. The zero-order valence-electron chi connectivity index (χ0n) is 9.13. The molecule has 0 saturated carbocycles. The summed E-state index contributed by atoms with van der Waals surface area (Å²) in [5.41, 5.74) is 2.70. The van der Waals surface area contributed by atoms with Gasteiger partial charge >= 0.3 is 0 Å². The van der Waals surface area contributed by atoms with Gasteiger partial charge < -0.3 is 0 Å². The minimum atomic E-state index is 0.198. The van der Waals surface area contributed by atoms with Crippen LogP contribution in [-0.4, -0.2) is 10.5 Å². The van der Waals surface area contributed by atoms with E-state index in [4.69, 9.17) is 12.2 Å². The highest BCUT2D eigenvalue weighted by Gasteiger charge is 2.14. The molecule has 0 bridgehead atoms. The molecule has 0 nitrogen and oxygen atoms in total. The largest absolute Gasteiger partial charge is 0.117 e. The van der Waals surface area contributed by atoms with Gasteiger partial charge in [-0.05, 0) is 28.9 Å². The molecule has 0 N–H and O–H groups in total. The maximum atomic E-state index is 5.27. The number of thiocarbonyl (C=S) groups is 1. The molecular weight excluding hydrogens is 208 g/mol. The molecule has 0 atom stereocenters. The van der Waals surface area contributed by atoms with Crippen molar-refractivity contribution in [3.05, 3.63) is 35.4 Å². The molecule has 0 radical (unpaired) electrons. The molecule has 76 valence electrons. The highest BCUT2D eigenvalue weighted by Crippen LogP contribution is 2.24. The first kappa shape index (κ1) is 11.7. The number of thioether (sulfide) groups is 1. The fraction of sp³-hybridized carbons (Fsp3) is 0.417. The first-order chi connectivity index (χ1) is 6.45. The van der Waals surface area contributed by atoms with Gasteiger partial charge in [0, 0.05) is 0 Å². The molecule has 0 aromatic heterocycles. The smallest absolute Gasteiger partial charge is 0.0775 e. The summed E-state index contributed by atoms with van der Waals surface area (Å²) in [4.78, 5) is 0. The van der Waals surface area contributed by atoms with E-state index in [9.17, 15) is 0 Å². The van der Waals surface area contributed by atoms with Crippen LogP contribution in [0.2, 0.25) is 0 Å². The van der Waals surface area contributed by atoms with Crippen molar-refractivity contribution >= 4 is 28.2 Å². The van der Waals surface area contributed by atoms with E-state index in [-0.39, 0.29) is 5.41 Å². The second-order valence-electron chi connectivity index (χ2n) is 4.32. The summed E-state index contributed by atoms with van der Waals surface area (Å²) in [5.74, 6) is 0. The van der Waals surface area contributed by atoms with Crippen molar-refractivity contribution in [3.8, 4) is 0 Å². The fourth-order valence-corrected chi connectivity index (χ4v) is 1.72. The lowest BCUT2D eigenvalue weighted by Gasteiger charge is -2.19. The van der Waals surface area contributed by atoms with Crippen molar-refractivity contribution in [2.24, 2.45) is 0 Å². The molecule has 0 spiro atoms. The van der Waals surface area contributed by atoms with Gasteiger partial charge in [0.1, 0.15) is 0 Å². The molecule has 0 heterocycles. The quantitative estimate of drug-likeness (QED) is 0.661. The molecule has 2 heteroatoms. The Balaban J connectivity index is 3.08. The molecule has 0 amide bonds. The Bertz CT molecular complexity index is 334. The van der Waals surface area contributed by atoms with E-state index in [1.807, 2.05) is 6.26 Å². The molecule has 0 aliphatic heterocycles. The van der Waals surface area contributed by atoms with Gasteiger partial charge in [-0.25, -0.2) is 0 Å². The van der Waals surface area contributed by atoms with E-state index in [0.717, 1.165) is 4.20 Å². The summed E-state index contributed by atoms with van der Waals surface area (Å²) in [7, 11) is 0. The van der Waals surface area contributed by atoms with Crippen LogP contribution in [0.3, 0.4) is 0 Å². The number of hydrogen-bond acceptors (Lipinski definition) is 2. The summed E-state index contributed by atoms with van der Waals surface area (Å²) in [5, 5.41) is 0. The maximum absolute atomic E-state index is 5.27. The Labute approximate surface area is 96.1 Å². The first-order valence-corrected chi connectivity index (χ1v) is 6.27. The Morgan fingerprint density at radius 2 is 1.93 bits per heavy atom. The molecule has 1 aromatic rings. The SMILES string of the molecule is CSC(=S)c1cccc(C(C)(C)C)c1. The normalized spacial score (nSPS) is 11.4. The molecule has 0 aliphatic rings. The predicted molar refractivity (Wildman–Crippen MR) is 70.4 cm³/mol. The van der Waals surface area contributed by atoms with Gasteiger partial charge in [-0.15, -0.1) is 11.8 Å². The minimum Gasteiger partial charge on any atom is -0.117 e. The van der Waals surface area contributed by atoms with Crippen LogP contribution in [0.25, 0.3) is 0 Å². The lowest BCUT2D eigenvalue weighted by atomic mass is 9.86. The van der Waals surface area contributed by atoms with Gasteiger partial charge in [0.25, 0.3) is 0 Å². The van der Waals surface area contributed by atoms with E-state index >= 15 is 0 Å². The van der Waals surface area contributed by atoms with Crippen LogP contribution in [-0.2, 0) is 5.41 Å². The standard InChI is InChI=1S/C12H16S2/c1-12(2,3)10-7-5-6-9(8-10)11(13)14-4/h5-8H,1-4H3. The lowest BCUT2D eigenvalue weighted by Crippen LogP contribution is -2.11. The van der Waals surface area contributed by atoms with Crippen molar-refractivity contribution < 1.29 is 0 Å². The molecule has 0 fully saturated rings. The number of rotatable bonds is 1. The van der Waals surface area contributed by atoms with Crippen molar-refractivity contribution in [2.45, 2.75) is 26.2 Å². The molecule has 1 rings (SSSR count). The van der Waals surface area contributed by atoms with Crippen molar-refractivity contribution in [1.82, 2.24) is 0 Å². The molecule has 0 unspecified atom stereocenters. The van der Waals surface area contributed by atoms with Gasteiger partial charge in [0.2, 0.25) is 0 Å². The summed E-state index contributed by atoms with van der Waals surface area (Å²) in [6, 6.07) is 8.51. The molecule has 1 aromatic carbocycles. The van der Waals surface area contributed by atoms with Gasteiger partial charge in [-0.2, -0.15) is 0 Å². The summed E-state index contributed by atoms with van der Waals surface area (Å²) in [6.45, 7) is 6.65. The van der Waals surface area contributed by atoms with Gasteiger partial charge in [-0.1, -0.05) is 51.2 Å². The monoisotopic (exact) mass is 224 g/mol. The second-order valence-corrected chi connectivity index (χ2v) is 5.81. The Morgan fingerprint density at radius 3 is 2.43 bits per heavy atom. The van der Waals surface area contributed by atoms with Crippen molar-refractivity contribution in [1.29, 1.82) is 0 Å². The second kappa shape index (κ2) is 4.45. The molecular formula is C12H16S2. The van der Waals surface area contributed by atoms with Crippen LogP contribution in [0, 0.1) is 0 Å². The van der Waals surface area contributed by atoms with E-state index in [0.29, 0.717) is 0 Å². The van der Waals surface area contributed by atoms with Crippen LogP contribution >= 0.6 is 24.0 Å². The van der Waals surface area contributed by atoms with Gasteiger partial charge in [-0.3, -0.25) is 0 Å². The van der Waals surface area contributed by atoms with Crippen LogP contribution < -0.4 is 0 Å². The zero-order valence-corrected chi connectivity index (χ0v) is 10.8. The molecule has 14 heavy (non-hydrogen) atoms. The highest BCUT2D eigenvalue weighted by molar-refractivity contribution is 8.23. The van der Waals surface area contributed by atoms with Gasteiger partial charge in [0.15, 0.2) is 0 Å². The van der Waals surface area contributed by atoms with Crippen LogP contribution in [0.1, 0.15) is 31.9 Å². The van der Waals surface area contributed by atoms with E-state index in [1.165, 1.54) is 11.1 Å². The summed E-state index contributed by atoms with van der Waals surface area (Å²) < 4.78 is 0.969. The van der Waals surface area contributed by atoms with E-state index in [1.54, 1.807) is 11.8 Å². The van der Waals surface area contributed by atoms with Crippen LogP contribution in [0.15, 0.2) is 24.3 Å². The maximum Gasteiger partial charge on any atom is 0.0775 e. The minimum absolute atomic E-state index is 0.198. The third kappa shape index (κ3) is 2.82. The van der Waals surface area contributed by atoms with Crippen molar-refractivity contribution in [2.75, 3.05) is 6.26 Å². The predicted octanol–water partition coefficient (Wildman–Crippen LogP) is 4.02. The Kier molecular flexibility index (Phi) is 3.73. The van der Waals surface area contributed by atoms with Crippen molar-refractivity contribution in [3.63, 3.8) is 0 Å². The lowest BCUT2D eigenvalue weighted by molar-refractivity contribution is 0.590. The topological polar surface area (TPSA) is 0 Å². The Hall–Kier alpha value is -0.340. The van der Waals surface area contributed by atoms with Crippen LogP contribution in [0.4, 0.5) is 0 Å². The Morgan fingerprint density at radius 1 is 1.29 bits per heavy atom. The third-order valence-corrected chi connectivity index (χ3v) is 3.49. The third-order valence-electron chi connectivity index (χ3n) is 2.15. The van der Waals surface area contributed by atoms with E-state index < -0.39 is 0 Å².